The second kappa shape index (κ2) is 3.85. The van der Waals surface area contributed by atoms with Gasteiger partial charge in [-0.25, -0.2) is 0 Å². The van der Waals surface area contributed by atoms with Gasteiger partial charge in [-0.1, -0.05) is 0 Å². The molecule has 0 rings (SSSR count). The minimum absolute atomic E-state index is 0.784. The topological polar surface area (TPSA) is 0 Å². The van der Waals surface area contributed by atoms with Gasteiger partial charge in [0, 0.05) is 0 Å². The van der Waals surface area contributed by atoms with Crippen molar-refractivity contribution in [2.24, 2.45) is 0 Å². The van der Waals surface area contributed by atoms with Crippen molar-refractivity contribution in [3.8, 4) is 0 Å². The van der Waals surface area contributed by atoms with Crippen molar-refractivity contribution in [2.45, 2.75) is 34.1 Å². The Morgan fingerprint density at radius 3 is 1.36 bits per heavy atom. The Bertz CT molecular complexity index is 108. The van der Waals surface area contributed by atoms with E-state index in [2.05, 4.69) is 6.92 Å². The minimum atomic E-state index is -2.68. The van der Waals surface area contributed by atoms with Gasteiger partial charge < -0.3 is 0 Å². The molecule has 0 aliphatic carbocycles. The molecule has 0 aliphatic rings. The molecule has 0 radical (unpaired) electrons. The summed E-state index contributed by atoms with van der Waals surface area (Å²) < 4.78 is 14.5. The van der Waals surface area contributed by atoms with Gasteiger partial charge in [-0.3, -0.25) is 0 Å². The first-order chi connectivity index (χ1) is 5.04. The van der Waals surface area contributed by atoms with E-state index in [-0.39, 0.29) is 0 Å². The predicted octanol–water partition coefficient (Wildman–Crippen LogP) is 3.89. The van der Waals surface area contributed by atoms with Crippen molar-refractivity contribution in [3.63, 3.8) is 0 Å². The third-order valence-corrected chi connectivity index (χ3v) is 9.46. The van der Waals surface area contributed by atoms with E-state index in [0.29, 0.717) is 0 Å². The van der Waals surface area contributed by atoms with Gasteiger partial charge in [-0.15, -0.1) is 0 Å². The van der Waals surface area contributed by atoms with Crippen molar-refractivity contribution in [2.75, 3.05) is 24.6 Å². The molecule has 70 valence electrons. The van der Waals surface area contributed by atoms with Crippen LogP contribution in [0.1, 0.15) is 34.1 Å². The van der Waals surface area contributed by atoms with E-state index in [0.717, 1.165) is 31.1 Å². The number of hydrogen-bond acceptors (Lipinski definition) is 0. The predicted molar refractivity (Wildman–Crippen MR) is 54.8 cm³/mol. The van der Waals surface area contributed by atoms with Crippen LogP contribution in [0.5, 0.6) is 0 Å². The van der Waals surface area contributed by atoms with Gasteiger partial charge in [0.2, 0.25) is 0 Å². The normalized spacial score (nSPS) is 15.9. The van der Waals surface area contributed by atoms with Crippen LogP contribution >= 0.6 is 6.91 Å². The molecule has 0 spiro atoms. The summed E-state index contributed by atoms with van der Waals surface area (Å²) in [5.41, 5.74) is 0. The molecule has 0 aromatic carbocycles. The van der Waals surface area contributed by atoms with E-state index < -0.39 is 6.91 Å². The molecule has 0 aromatic heterocycles. The molecule has 0 heterocycles. The number of hydrogen-bond donors (Lipinski definition) is 0. The molecule has 0 fully saturated rings. The number of rotatable bonds is 5. The molecule has 0 aliphatic heterocycles. The van der Waals surface area contributed by atoms with Crippen LogP contribution in [0.2, 0.25) is 0 Å². The van der Waals surface area contributed by atoms with Crippen molar-refractivity contribution < 1.29 is 4.20 Å². The first kappa shape index (κ1) is 11.4. The third-order valence-electron chi connectivity index (χ3n) is 3.15. The summed E-state index contributed by atoms with van der Waals surface area (Å²) in [6.07, 6.45) is 4.20. The molecule has 0 aromatic rings. The van der Waals surface area contributed by atoms with Crippen LogP contribution in [0.25, 0.3) is 0 Å². The summed E-state index contributed by atoms with van der Waals surface area (Å²) >= 11 is 0. The van der Waals surface area contributed by atoms with E-state index in [9.17, 15) is 4.20 Å². The molecule has 0 N–H and O–H groups in total. The molecule has 2 heteroatoms. The van der Waals surface area contributed by atoms with Gasteiger partial charge >= 0.3 is 69.9 Å². The van der Waals surface area contributed by atoms with Crippen LogP contribution in [-0.2, 0) is 0 Å². The van der Waals surface area contributed by atoms with Crippen LogP contribution in [0, 0.1) is 0 Å². The van der Waals surface area contributed by atoms with E-state index >= 15 is 0 Å². The summed E-state index contributed by atoms with van der Waals surface area (Å²) in [5.74, 6) is 0. The molecule has 0 amide bonds. The van der Waals surface area contributed by atoms with Gasteiger partial charge in [-0.05, 0) is 0 Å². The van der Waals surface area contributed by atoms with E-state index in [1.54, 1.807) is 0 Å². The molecule has 0 bridgehead atoms. The fourth-order valence-corrected chi connectivity index (χ4v) is 5.11. The van der Waals surface area contributed by atoms with Crippen molar-refractivity contribution >= 4 is 6.91 Å². The standard InChI is InChI=1S/C9H22FP/c1-5-9-11(10,6-2,7-3)8-4/h5-9H2,1-4H3. The Hall–Kier alpha value is 0.360. The Labute approximate surface area is 70.6 Å². The third kappa shape index (κ3) is 2.40. The van der Waals surface area contributed by atoms with Gasteiger partial charge in [0.1, 0.15) is 0 Å². The fraction of sp³-hybridized carbons (Fsp3) is 1.00. The molecule has 0 saturated carbocycles. The zero-order valence-corrected chi connectivity index (χ0v) is 9.26. The molecular formula is C9H22FP. The molecular weight excluding hydrogens is 158 g/mol. The average molecular weight is 180 g/mol. The second-order valence-corrected chi connectivity index (χ2v) is 9.48. The second-order valence-electron chi connectivity index (χ2n) is 3.49. The molecule has 0 unspecified atom stereocenters. The maximum absolute atomic E-state index is 14.5. The van der Waals surface area contributed by atoms with Gasteiger partial charge in [0.25, 0.3) is 0 Å². The van der Waals surface area contributed by atoms with Crippen LogP contribution in [-0.4, -0.2) is 24.6 Å². The summed E-state index contributed by atoms with van der Waals surface area (Å²) in [5, 5.41) is 0. The first-order valence-electron chi connectivity index (χ1n) is 4.76. The quantitative estimate of drug-likeness (QED) is 0.563. The monoisotopic (exact) mass is 180 g/mol. The molecule has 0 atom stereocenters. The van der Waals surface area contributed by atoms with Crippen LogP contribution in [0.4, 0.5) is 4.20 Å². The fourth-order valence-electron chi connectivity index (χ4n) is 1.70. The zero-order chi connectivity index (χ0) is 8.98. The summed E-state index contributed by atoms with van der Waals surface area (Å²) in [4.78, 5) is 0. The van der Waals surface area contributed by atoms with Crippen LogP contribution in [0.15, 0.2) is 0 Å². The van der Waals surface area contributed by atoms with E-state index in [4.69, 9.17) is 0 Å². The first-order valence-corrected chi connectivity index (χ1v) is 7.63. The van der Waals surface area contributed by atoms with E-state index in [1.165, 1.54) is 0 Å². The Kier molecular flexibility index (Phi) is 3.97. The van der Waals surface area contributed by atoms with Gasteiger partial charge in [0.05, 0.1) is 0 Å². The summed E-state index contributed by atoms with van der Waals surface area (Å²) in [6.45, 7) is 5.45. The van der Waals surface area contributed by atoms with Crippen LogP contribution < -0.4 is 0 Å². The summed E-state index contributed by atoms with van der Waals surface area (Å²) in [6, 6.07) is 0. The van der Waals surface area contributed by atoms with Gasteiger partial charge in [0.15, 0.2) is 0 Å². The molecule has 0 saturated heterocycles. The Balaban J connectivity index is 4.44. The molecule has 11 heavy (non-hydrogen) atoms. The maximum atomic E-state index is 14.5. The van der Waals surface area contributed by atoms with Crippen molar-refractivity contribution in [1.29, 1.82) is 0 Å². The SMILES string of the molecule is CCCP(F)(CC)(CC)CC. The average Bonchev–Trinajstić information content (AvgIpc) is 2.06. The molecule has 0 nitrogen and oxygen atoms in total. The van der Waals surface area contributed by atoms with Crippen molar-refractivity contribution in [3.05, 3.63) is 0 Å². The van der Waals surface area contributed by atoms with Gasteiger partial charge in [-0.2, -0.15) is 0 Å². The van der Waals surface area contributed by atoms with Crippen molar-refractivity contribution in [1.82, 2.24) is 0 Å². The Morgan fingerprint density at radius 2 is 1.27 bits per heavy atom. The van der Waals surface area contributed by atoms with E-state index in [1.807, 2.05) is 20.8 Å². The van der Waals surface area contributed by atoms with Crippen LogP contribution in [0.3, 0.4) is 0 Å². The zero-order valence-electron chi connectivity index (χ0n) is 8.36. The summed E-state index contributed by atoms with van der Waals surface area (Å²) in [7, 11) is 0. The number of halogens is 1. The Morgan fingerprint density at radius 1 is 0.909 bits per heavy atom.